The lowest BCUT2D eigenvalue weighted by atomic mass is 9.94. The van der Waals surface area contributed by atoms with Crippen molar-refractivity contribution in [1.29, 1.82) is 0 Å². The first-order chi connectivity index (χ1) is 7.60. The summed E-state index contributed by atoms with van der Waals surface area (Å²) in [6.07, 6.45) is 5.37. The van der Waals surface area contributed by atoms with Gasteiger partial charge in [0.2, 0.25) is 0 Å². The molecule has 0 radical (unpaired) electrons. The van der Waals surface area contributed by atoms with E-state index in [1.165, 1.54) is 32.2 Å². The Morgan fingerprint density at radius 1 is 1.25 bits per heavy atom. The Labute approximate surface area is 102 Å². The Bertz CT molecular complexity index is 187. The van der Waals surface area contributed by atoms with Crippen molar-refractivity contribution >= 4 is 0 Å². The second kappa shape index (κ2) is 6.61. The van der Waals surface area contributed by atoms with Crippen LogP contribution < -0.4 is 5.73 Å². The van der Waals surface area contributed by atoms with Crippen molar-refractivity contribution in [3.8, 4) is 0 Å². The minimum Gasteiger partial charge on any atom is -0.329 e. The Morgan fingerprint density at radius 3 is 2.25 bits per heavy atom. The van der Waals surface area contributed by atoms with Gasteiger partial charge in [0, 0.05) is 25.2 Å². The van der Waals surface area contributed by atoms with E-state index in [9.17, 15) is 0 Å². The Hall–Kier alpha value is -0.0800. The van der Waals surface area contributed by atoms with Gasteiger partial charge in [-0.3, -0.25) is 4.90 Å². The smallest absolute Gasteiger partial charge is 0.0247 e. The first-order valence-electron chi connectivity index (χ1n) is 7.05. The molecule has 2 N–H and O–H groups in total. The van der Waals surface area contributed by atoms with E-state index in [1.807, 2.05) is 0 Å². The molecule has 2 nitrogen and oxygen atoms in total. The van der Waals surface area contributed by atoms with Crippen LogP contribution in [0.4, 0.5) is 0 Å². The molecule has 2 unspecified atom stereocenters. The molecule has 0 saturated heterocycles. The van der Waals surface area contributed by atoms with Crippen LogP contribution in [0.3, 0.4) is 0 Å². The number of hydrogen-bond acceptors (Lipinski definition) is 2. The quantitative estimate of drug-likeness (QED) is 0.689. The van der Waals surface area contributed by atoms with E-state index >= 15 is 0 Å². The Kier molecular flexibility index (Phi) is 5.77. The topological polar surface area (TPSA) is 29.3 Å². The summed E-state index contributed by atoms with van der Waals surface area (Å²) in [4.78, 5) is 2.70. The molecular weight excluding hydrogens is 196 g/mol. The first kappa shape index (κ1) is 14.0. The van der Waals surface area contributed by atoms with E-state index in [0.29, 0.717) is 6.04 Å². The van der Waals surface area contributed by atoms with Crippen LogP contribution >= 0.6 is 0 Å². The van der Waals surface area contributed by atoms with Crippen LogP contribution in [0.1, 0.15) is 53.4 Å². The Morgan fingerprint density at radius 2 is 1.88 bits per heavy atom. The lowest BCUT2D eigenvalue weighted by Gasteiger charge is -2.36. The van der Waals surface area contributed by atoms with Crippen molar-refractivity contribution in [2.75, 3.05) is 13.1 Å². The van der Waals surface area contributed by atoms with Gasteiger partial charge in [0.15, 0.2) is 0 Å². The van der Waals surface area contributed by atoms with E-state index in [1.54, 1.807) is 0 Å². The molecule has 1 aliphatic carbocycles. The van der Waals surface area contributed by atoms with Gasteiger partial charge in [-0.05, 0) is 31.1 Å². The molecule has 16 heavy (non-hydrogen) atoms. The third kappa shape index (κ3) is 4.06. The monoisotopic (exact) mass is 226 g/mol. The highest BCUT2D eigenvalue weighted by Crippen LogP contribution is 2.32. The Balaban J connectivity index is 2.57. The van der Waals surface area contributed by atoms with Crippen LogP contribution in [-0.4, -0.2) is 30.1 Å². The van der Waals surface area contributed by atoms with Crippen LogP contribution in [0.5, 0.6) is 0 Å². The van der Waals surface area contributed by atoms with Crippen molar-refractivity contribution in [2.45, 2.75) is 65.5 Å². The highest BCUT2D eigenvalue weighted by atomic mass is 15.2. The summed E-state index contributed by atoms with van der Waals surface area (Å²) in [7, 11) is 0. The molecule has 1 aliphatic rings. The molecule has 1 rings (SSSR count). The second-order valence-electron chi connectivity index (χ2n) is 5.89. The van der Waals surface area contributed by atoms with Gasteiger partial charge in [0.05, 0.1) is 0 Å². The van der Waals surface area contributed by atoms with Crippen LogP contribution in [0.25, 0.3) is 0 Å². The summed E-state index contributed by atoms with van der Waals surface area (Å²) >= 11 is 0. The van der Waals surface area contributed by atoms with Gasteiger partial charge in [-0.25, -0.2) is 0 Å². The van der Waals surface area contributed by atoms with Crippen molar-refractivity contribution < 1.29 is 0 Å². The van der Waals surface area contributed by atoms with Gasteiger partial charge in [-0.15, -0.1) is 0 Å². The van der Waals surface area contributed by atoms with Crippen LogP contribution in [0, 0.1) is 11.8 Å². The van der Waals surface area contributed by atoms with Gasteiger partial charge >= 0.3 is 0 Å². The number of hydrogen-bond donors (Lipinski definition) is 1. The van der Waals surface area contributed by atoms with Crippen molar-refractivity contribution in [3.05, 3.63) is 0 Å². The second-order valence-corrected chi connectivity index (χ2v) is 5.89. The highest BCUT2D eigenvalue weighted by Gasteiger charge is 2.35. The maximum atomic E-state index is 6.00. The molecule has 1 saturated carbocycles. The maximum absolute atomic E-state index is 6.00. The molecule has 2 atom stereocenters. The fraction of sp³-hybridized carbons (Fsp3) is 1.00. The van der Waals surface area contributed by atoms with Gasteiger partial charge in [0.25, 0.3) is 0 Å². The third-order valence-corrected chi connectivity index (χ3v) is 3.66. The number of nitrogens with zero attached hydrogens (tertiary/aromatic N) is 1. The van der Waals surface area contributed by atoms with Gasteiger partial charge in [0.1, 0.15) is 0 Å². The van der Waals surface area contributed by atoms with Gasteiger partial charge in [-0.1, -0.05) is 34.1 Å². The summed E-state index contributed by atoms with van der Waals surface area (Å²) in [6, 6.07) is 1.45. The van der Waals surface area contributed by atoms with E-state index < -0.39 is 0 Å². The third-order valence-electron chi connectivity index (χ3n) is 3.66. The van der Waals surface area contributed by atoms with Gasteiger partial charge in [-0.2, -0.15) is 0 Å². The number of nitrogens with two attached hydrogens (primary N) is 1. The average molecular weight is 226 g/mol. The molecule has 0 amide bonds. The minimum atomic E-state index is 0.606. The molecular formula is C14H30N2. The standard InChI is InChI=1S/C14H30N2/c1-5-6-12(4)14(9-15)16(10-11(2)3)13-7-8-13/h11-14H,5-10,15H2,1-4H3. The van der Waals surface area contributed by atoms with Crippen molar-refractivity contribution in [1.82, 2.24) is 4.90 Å². The summed E-state index contributed by atoms with van der Waals surface area (Å²) in [6.45, 7) is 11.3. The molecule has 0 aromatic carbocycles. The fourth-order valence-electron chi connectivity index (χ4n) is 2.73. The molecule has 0 aromatic heterocycles. The summed E-state index contributed by atoms with van der Waals surface area (Å²) in [5, 5.41) is 0. The largest absolute Gasteiger partial charge is 0.329 e. The normalized spacial score (nSPS) is 20.4. The average Bonchev–Trinajstić information content (AvgIpc) is 3.00. The minimum absolute atomic E-state index is 0.606. The zero-order valence-corrected chi connectivity index (χ0v) is 11.6. The summed E-state index contributed by atoms with van der Waals surface area (Å²) < 4.78 is 0. The SMILES string of the molecule is CCCC(C)C(CN)N(CC(C)C)C1CC1. The van der Waals surface area contributed by atoms with E-state index in [-0.39, 0.29) is 0 Å². The maximum Gasteiger partial charge on any atom is 0.0247 e. The zero-order chi connectivity index (χ0) is 12.1. The fourth-order valence-corrected chi connectivity index (χ4v) is 2.73. The van der Waals surface area contributed by atoms with E-state index in [2.05, 4.69) is 32.6 Å². The lowest BCUT2D eigenvalue weighted by molar-refractivity contribution is 0.123. The molecule has 2 heteroatoms. The number of rotatable bonds is 8. The van der Waals surface area contributed by atoms with Crippen LogP contribution in [0.2, 0.25) is 0 Å². The predicted octanol–water partition coefficient (Wildman–Crippen LogP) is 2.87. The van der Waals surface area contributed by atoms with E-state index in [4.69, 9.17) is 5.73 Å². The van der Waals surface area contributed by atoms with Crippen LogP contribution in [-0.2, 0) is 0 Å². The summed E-state index contributed by atoms with van der Waals surface area (Å²) in [5.41, 5.74) is 6.00. The van der Waals surface area contributed by atoms with Crippen molar-refractivity contribution in [3.63, 3.8) is 0 Å². The molecule has 0 heterocycles. The molecule has 96 valence electrons. The molecule has 0 spiro atoms. The molecule has 0 aliphatic heterocycles. The summed E-state index contributed by atoms with van der Waals surface area (Å²) in [5.74, 6) is 1.50. The predicted molar refractivity (Wildman–Crippen MR) is 71.5 cm³/mol. The first-order valence-corrected chi connectivity index (χ1v) is 7.05. The van der Waals surface area contributed by atoms with Crippen molar-refractivity contribution in [2.24, 2.45) is 17.6 Å². The van der Waals surface area contributed by atoms with Crippen LogP contribution in [0.15, 0.2) is 0 Å². The molecule has 0 bridgehead atoms. The zero-order valence-electron chi connectivity index (χ0n) is 11.6. The van der Waals surface area contributed by atoms with E-state index in [0.717, 1.165) is 24.4 Å². The lowest BCUT2D eigenvalue weighted by Crippen LogP contribution is -2.47. The molecule has 0 aromatic rings. The van der Waals surface area contributed by atoms with Gasteiger partial charge < -0.3 is 5.73 Å². The molecule has 1 fully saturated rings. The highest BCUT2D eigenvalue weighted by molar-refractivity contribution is 4.91.